The zero-order valence-electron chi connectivity index (χ0n) is 16.0. The van der Waals surface area contributed by atoms with Crippen molar-refractivity contribution < 1.29 is 18.8 Å². The van der Waals surface area contributed by atoms with E-state index in [0.29, 0.717) is 51.1 Å². The third-order valence-corrected chi connectivity index (χ3v) is 5.65. The zero-order valence-corrected chi connectivity index (χ0v) is 16.8. The highest BCUT2D eigenvalue weighted by Crippen LogP contribution is 2.25. The number of anilines is 1. The molecule has 0 unspecified atom stereocenters. The lowest BCUT2D eigenvalue weighted by Gasteiger charge is -2.31. The van der Waals surface area contributed by atoms with E-state index in [-0.39, 0.29) is 28.8 Å². The minimum atomic E-state index is -0.489. The van der Waals surface area contributed by atoms with E-state index in [1.54, 1.807) is 4.90 Å². The number of likely N-dealkylation sites (tertiary alicyclic amines) is 1. The molecule has 0 saturated carbocycles. The van der Waals surface area contributed by atoms with Gasteiger partial charge in [-0.05, 0) is 12.8 Å². The standard InChI is InChI=1S/C18H21ClN6O5/c19-15-13(9-20-23-16(15)26)25-8-4-12(10-25)29-18(28)22-11-2-6-24(7-3-11)17(27)14-1-5-21-30-14/h1,5,9,11-12H,2-4,6-8,10H2,(H,22,28)(H,23,26)/t12-/m1/s1. The topological polar surface area (TPSA) is 134 Å². The number of halogens is 1. The maximum Gasteiger partial charge on any atom is 0.407 e. The number of aromatic nitrogens is 3. The Balaban J connectivity index is 1.23. The Morgan fingerprint density at radius 1 is 1.27 bits per heavy atom. The average Bonchev–Trinajstić information content (AvgIpc) is 3.42. The van der Waals surface area contributed by atoms with Crippen LogP contribution in [0.4, 0.5) is 10.5 Å². The molecule has 30 heavy (non-hydrogen) atoms. The van der Waals surface area contributed by atoms with E-state index in [1.807, 2.05) is 4.90 Å². The molecule has 2 aliphatic heterocycles. The number of hydrogen-bond donors (Lipinski definition) is 2. The number of H-pyrrole nitrogens is 1. The maximum atomic E-state index is 12.3. The highest BCUT2D eigenvalue weighted by Gasteiger charge is 2.30. The molecule has 2 aromatic rings. The van der Waals surface area contributed by atoms with Crippen molar-refractivity contribution in [3.63, 3.8) is 0 Å². The minimum absolute atomic E-state index is 0.0693. The van der Waals surface area contributed by atoms with Crippen LogP contribution in [0.1, 0.15) is 29.8 Å². The van der Waals surface area contributed by atoms with Crippen LogP contribution in [0.2, 0.25) is 5.02 Å². The van der Waals surface area contributed by atoms with Crippen LogP contribution in [0.25, 0.3) is 0 Å². The second-order valence-electron chi connectivity index (χ2n) is 7.25. The van der Waals surface area contributed by atoms with Gasteiger partial charge in [0.2, 0.25) is 5.76 Å². The summed E-state index contributed by atoms with van der Waals surface area (Å²) >= 11 is 6.04. The molecule has 0 radical (unpaired) electrons. The zero-order chi connectivity index (χ0) is 21.1. The molecule has 1 atom stereocenters. The lowest BCUT2D eigenvalue weighted by atomic mass is 10.1. The first kappa shape index (κ1) is 20.2. The number of hydrogen-bond acceptors (Lipinski definition) is 8. The van der Waals surface area contributed by atoms with E-state index in [1.165, 1.54) is 18.5 Å². The first-order valence-electron chi connectivity index (χ1n) is 9.66. The van der Waals surface area contributed by atoms with Crippen molar-refractivity contribution in [2.45, 2.75) is 31.4 Å². The van der Waals surface area contributed by atoms with Gasteiger partial charge in [0.05, 0.1) is 24.6 Å². The Kier molecular flexibility index (Phi) is 5.88. The summed E-state index contributed by atoms with van der Waals surface area (Å²) < 4.78 is 10.4. The first-order chi connectivity index (χ1) is 14.5. The molecule has 4 rings (SSSR count). The second-order valence-corrected chi connectivity index (χ2v) is 7.63. The molecule has 2 aromatic heterocycles. The molecule has 4 heterocycles. The van der Waals surface area contributed by atoms with E-state index >= 15 is 0 Å². The molecule has 2 aliphatic rings. The van der Waals surface area contributed by atoms with Gasteiger partial charge in [-0.15, -0.1) is 0 Å². The van der Waals surface area contributed by atoms with E-state index in [0.717, 1.165) is 0 Å². The number of nitrogens with one attached hydrogen (secondary N) is 2. The van der Waals surface area contributed by atoms with E-state index in [2.05, 4.69) is 20.7 Å². The van der Waals surface area contributed by atoms with Crippen molar-refractivity contribution in [1.29, 1.82) is 0 Å². The van der Waals surface area contributed by atoms with Crippen molar-refractivity contribution in [3.8, 4) is 0 Å². The van der Waals surface area contributed by atoms with Gasteiger partial charge in [0.1, 0.15) is 11.1 Å². The fraction of sp³-hybridized carbons (Fsp3) is 0.500. The first-order valence-corrected chi connectivity index (χ1v) is 10.0. The molecule has 2 N–H and O–H groups in total. The molecule has 11 nitrogen and oxygen atoms in total. The number of carbonyl (C=O) groups is 2. The largest absolute Gasteiger partial charge is 0.444 e. The average molecular weight is 437 g/mol. The summed E-state index contributed by atoms with van der Waals surface area (Å²) in [5.74, 6) is 0.00906. The van der Waals surface area contributed by atoms with Crippen molar-refractivity contribution >= 4 is 29.3 Å². The third-order valence-electron chi connectivity index (χ3n) is 5.29. The van der Waals surface area contributed by atoms with Crippen LogP contribution < -0.4 is 15.8 Å². The van der Waals surface area contributed by atoms with Crippen LogP contribution in [0.3, 0.4) is 0 Å². The number of carbonyl (C=O) groups excluding carboxylic acids is 2. The molecule has 0 spiro atoms. The van der Waals surface area contributed by atoms with Gasteiger partial charge in [0, 0.05) is 38.2 Å². The Bertz CT molecular complexity index is 956. The minimum Gasteiger partial charge on any atom is -0.444 e. The molecular formula is C18H21ClN6O5. The maximum absolute atomic E-state index is 12.3. The summed E-state index contributed by atoms with van der Waals surface area (Å²) in [6, 6.07) is 1.46. The lowest BCUT2D eigenvalue weighted by molar-refractivity contribution is 0.0653. The number of piperidine rings is 1. The predicted octanol–water partition coefficient (Wildman–Crippen LogP) is 1.02. The Morgan fingerprint density at radius 2 is 2.07 bits per heavy atom. The summed E-state index contributed by atoms with van der Waals surface area (Å²) in [5.41, 5.74) is 0.0696. The quantitative estimate of drug-likeness (QED) is 0.725. The third kappa shape index (κ3) is 4.40. The molecule has 160 valence electrons. The fourth-order valence-corrected chi connectivity index (χ4v) is 3.91. The van der Waals surface area contributed by atoms with E-state index in [9.17, 15) is 14.4 Å². The van der Waals surface area contributed by atoms with Crippen LogP contribution in [0.15, 0.2) is 27.8 Å². The highest BCUT2D eigenvalue weighted by molar-refractivity contribution is 6.33. The van der Waals surface area contributed by atoms with Gasteiger partial charge < -0.3 is 24.4 Å². The summed E-state index contributed by atoms with van der Waals surface area (Å²) in [4.78, 5) is 39.7. The smallest absolute Gasteiger partial charge is 0.407 e. The lowest BCUT2D eigenvalue weighted by Crippen LogP contribution is -2.47. The van der Waals surface area contributed by atoms with Crippen molar-refractivity contribution in [2.75, 3.05) is 31.1 Å². The number of aromatic amines is 1. The predicted molar refractivity (Wildman–Crippen MR) is 106 cm³/mol. The number of amides is 2. The summed E-state index contributed by atoms with van der Waals surface area (Å²) in [6.07, 6.45) is 3.99. The van der Waals surface area contributed by atoms with Gasteiger partial charge in [0.15, 0.2) is 0 Å². The molecule has 0 bridgehead atoms. The van der Waals surface area contributed by atoms with Gasteiger partial charge in [-0.25, -0.2) is 9.89 Å². The van der Waals surface area contributed by atoms with E-state index in [4.69, 9.17) is 20.9 Å². The monoisotopic (exact) mass is 436 g/mol. The number of nitrogens with zero attached hydrogens (tertiary/aromatic N) is 4. The van der Waals surface area contributed by atoms with Crippen LogP contribution in [0.5, 0.6) is 0 Å². The summed E-state index contributed by atoms with van der Waals surface area (Å²) in [5, 5.41) is 12.5. The van der Waals surface area contributed by atoms with Crippen LogP contribution in [-0.2, 0) is 4.74 Å². The van der Waals surface area contributed by atoms with Crippen LogP contribution >= 0.6 is 11.6 Å². The van der Waals surface area contributed by atoms with Crippen molar-refractivity contribution in [2.24, 2.45) is 0 Å². The van der Waals surface area contributed by atoms with E-state index < -0.39 is 11.7 Å². The molecular weight excluding hydrogens is 416 g/mol. The molecule has 2 fully saturated rings. The normalized spacial score (nSPS) is 19.7. The number of alkyl carbamates (subject to hydrolysis) is 1. The van der Waals surface area contributed by atoms with Crippen molar-refractivity contribution in [1.82, 2.24) is 25.6 Å². The number of ether oxygens (including phenoxy) is 1. The fourth-order valence-electron chi connectivity index (χ4n) is 3.70. The molecule has 0 aromatic carbocycles. The molecule has 2 saturated heterocycles. The Morgan fingerprint density at radius 3 is 2.80 bits per heavy atom. The van der Waals surface area contributed by atoms with Gasteiger partial charge in [-0.1, -0.05) is 16.8 Å². The van der Waals surface area contributed by atoms with Gasteiger partial charge in [-0.3, -0.25) is 9.59 Å². The number of rotatable bonds is 4. The molecule has 12 heteroatoms. The summed E-state index contributed by atoms with van der Waals surface area (Å²) in [7, 11) is 0. The van der Waals surface area contributed by atoms with Gasteiger partial charge >= 0.3 is 6.09 Å². The Labute approximate surface area is 176 Å². The molecule has 0 aliphatic carbocycles. The van der Waals surface area contributed by atoms with Gasteiger partial charge in [-0.2, -0.15) is 5.10 Å². The highest BCUT2D eigenvalue weighted by atomic mass is 35.5. The van der Waals surface area contributed by atoms with Crippen LogP contribution in [-0.4, -0.2) is 70.6 Å². The second kappa shape index (κ2) is 8.74. The summed E-state index contributed by atoms with van der Waals surface area (Å²) in [6.45, 7) is 2.05. The van der Waals surface area contributed by atoms with Gasteiger partial charge in [0.25, 0.3) is 11.5 Å². The van der Waals surface area contributed by atoms with Crippen LogP contribution in [0, 0.1) is 0 Å². The SMILES string of the molecule is O=C(NC1CCN(C(=O)c2ccno2)CC1)O[C@@H]1CCN(c2cn[nH]c(=O)c2Cl)C1. The molecule has 2 amide bonds. The van der Waals surface area contributed by atoms with Crippen molar-refractivity contribution in [3.05, 3.63) is 39.6 Å². The Hall–Kier alpha value is -3.08.